The summed E-state index contributed by atoms with van der Waals surface area (Å²) in [4.78, 5) is 4.94. The van der Waals surface area contributed by atoms with E-state index in [9.17, 15) is 0 Å². The van der Waals surface area contributed by atoms with Crippen molar-refractivity contribution in [2.24, 2.45) is 0 Å². The van der Waals surface area contributed by atoms with E-state index in [0.29, 0.717) is 23.7 Å². The molecule has 0 amide bonds. The summed E-state index contributed by atoms with van der Waals surface area (Å²) in [5.74, 6) is 3.17. The molecule has 0 spiro atoms. The molecule has 11 aromatic rings. The first-order chi connectivity index (χ1) is 41.3. The van der Waals surface area contributed by atoms with Crippen molar-refractivity contribution in [1.82, 2.24) is 0 Å². The summed E-state index contributed by atoms with van der Waals surface area (Å²) in [6.07, 6.45) is 26.6. The Bertz CT molecular complexity index is 3760. The molecule has 0 saturated heterocycles. The van der Waals surface area contributed by atoms with E-state index in [1.807, 2.05) is 0 Å². The molecule has 4 aliphatic carbocycles. The summed E-state index contributed by atoms with van der Waals surface area (Å²) >= 11 is 0. The fourth-order valence-electron chi connectivity index (χ4n) is 16.5. The smallest absolute Gasteiger partial charge is 0.178 e. The van der Waals surface area contributed by atoms with Gasteiger partial charge in [-0.1, -0.05) is 165 Å². The lowest BCUT2D eigenvalue weighted by atomic mass is 9.84. The number of nitrogens with zero attached hydrogens (tertiary/aromatic N) is 2. The van der Waals surface area contributed by atoms with Gasteiger partial charge in [0.05, 0.1) is 0 Å². The van der Waals surface area contributed by atoms with Gasteiger partial charge in [-0.25, -0.2) is 0 Å². The first-order valence-electron chi connectivity index (χ1n) is 33.0. The van der Waals surface area contributed by atoms with Crippen molar-refractivity contribution in [2.75, 3.05) is 9.80 Å². The number of rotatable bonds is 12. The molecule has 4 nitrogen and oxygen atoms in total. The molecule has 0 atom stereocenters. The zero-order chi connectivity index (χ0) is 56.4. The third kappa shape index (κ3) is 9.88. The van der Waals surface area contributed by atoms with Gasteiger partial charge in [0.15, 0.2) is 11.2 Å². The highest BCUT2D eigenvalue weighted by Crippen LogP contribution is 2.51. The quantitative estimate of drug-likeness (QED) is 0.122. The minimum Gasteiger partial charge on any atom is -0.452 e. The van der Waals surface area contributed by atoms with Crippen molar-refractivity contribution in [2.45, 2.75) is 192 Å². The number of hydrogen-bond donors (Lipinski definition) is 0. The molecule has 0 aliphatic heterocycles. The molecule has 0 N–H and O–H groups in total. The fraction of sp³-hybridized carbons (Fsp3) is 0.375. The van der Waals surface area contributed by atoms with Gasteiger partial charge in [0.25, 0.3) is 0 Å². The molecular formula is C80H84N2O2. The van der Waals surface area contributed by atoms with Crippen LogP contribution in [0.3, 0.4) is 0 Å². The second-order valence-corrected chi connectivity index (χ2v) is 26.9. The van der Waals surface area contributed by atoms with Gasteiger partial charge in [-0.15, -0.1) is 0 Å². The van der Waals surface area contributed by atoms with Crippen LogP contribution in [-0.4, -0.2) is 0 Å². The van der Waals surface area contributed by atoms with E-state index >= 15 is 0 Å². The number of anilines is 6. The highest BCUT2D eigenvalue weighted by molar-refractivity contribution is 6.24. The first-order valence-corrected chi connectivity index (χ1v) is 33.0. The SMILES string of the molecule is CC(C)c1c(C(C)C)c2c3cc4ccc(N(c5ccc(C6CCCCC6)cc5)c5ccc(C6CCCCC6)cc5)cc4cc3oc2c2oc3cc4cc(N(c5ccc(C6CCCCC6)cc5)c5ccc(C6CCCCC6)cc5)ccc4cc3c12. The second kappa shape index (κ2) is 22.6. The van der Waals surface area contributed by atoms with Gasteiger partial charge in [0.1, 0.15) is 11.2 Å². The van der Waals surface area contributed by atoms with E-state index in [2.05, 4.69) is 195 Å². The van der Waals surface area contributed by atoms with Crippen LogP contribution >= 0.6 is 0 Å². The van der Waals surface area contributed by atoms with E-state index in [1.54, 1.807) is 0 Å². The van der Waals surface area contributed by atoms with E-state index < -0.39 is 0 Å². The Kier molecular flexibility index (Phi) is 14.4. The van der Waals surface area contributed by atoms with Crippen molar-refractivity contribution in [3.8, 4) is 0 Å². The summed E-state index contributed by atoms with van der Waals surface area (Å²) in [7, 11) is 0. The van der Waals surface area contributed by atoms with E-state index in [1.165, 1.54) is 206 Å². The molecule has 426 valence electrons. The van der Waals surface area contributed by atoms with Gasteiger partial charge < -0.3 is 18.6 Å². The molecule has 9 aromatic carbocycles. The van der Waals surface area contributed by atoms with Crippen LogP contribution in [0.5, 0.6) is 0 Å². The number of furan rings is 2. The van der Waals surface area contributed by atoms with Crippen LogP contribution in [0.4, 0.5) is 34.1 Å². The Morgan fingerprint density at radius 3 is 0.845 bits per heavy atom. The average Bonchev–Trinajstić information content (AvgIpc) is 1.69. The highest BCUT2D eigenvalue weighted by Gasteiger charge is 2.29. The molecular weight excluding hydrogens is 1020 g/mol. The molecule has 84 heavy (non-hydrogen) atoms. The van der Waals surface area contributed by atoms with Crippen molar-refractivity contribution >= 4 is 99.5 Å². The second-order valence-electron chi connectivity index (χ2n) is 26.9. The van der Waals surface area contributed by atoms with Gasteiger partial charge >= 0.3 is 0 Å². The third-order valence-corrected chi connectivity index (χ3v) is 20.9. The standard InChI is InChI=1S/C80H84N2O2/c1-51(2)75-76(52(3)4)78-72-48-62-34-44-70(82(67-39-29-59(30-40-67)55-21-13-7-14-22-55)68-41-31-60(32-42-68)56-23-15-8-16-24-56)46-64(62)50-74(72)84-80(78)79-77(75)71-47-61-33-43-69(45-63(61)49-73(71)83-79)81(65-35-25-57(26-36-65)53-17-9-5-10-18-53)66-37-27-58(28-38-66)54-19-11-6-12-20-54/h25-56H,5-24H2,1-4H3. The van der Waals surface area contributed by atoms with Crippen LogP contribution in [0.2, 0.25) is 0 Å². The maximum absolute atomic E-state index is 7.27. The Morgan fingerprint density at radius 2 is 0.571 bits per heavy atom. The molecule has 0 unspecified atom stereocenters. The molecule has 2 aromatic heterocycles. The zero-order valence-corrected chi connectivity index (χ0v) is 50.3. The molecule has 15 rings (SSSR count). The topological polar surface area (TPSA) is 32.8 Å². The summed E-state index contributed by atoms with van der Waals surface area (Å²) < 4.78 is 14.5. The largest absolute Gasteiger partial charge is 0.452 e. The van der Waals surface area contributed by atoms with Crippen LogP contribution < -0.4 is 9.80 Å². The predicted molar refractivity (Wildman–Crippen MR) is 357 cm³/mol. The molecule has 2 heterocycles. The van der Waals surface area contributed by atoms with E-state index in [-0.39, 0.29) is 11.8 Å². The van der Waals surface area contributed by atoms with Gasteiger partial charge in [0, 0.05) is 55.7 Å². The number of benzene rings is 9. The van der Waals surface area contributed by atoms with Crippen molar-refractivity contribution in [1.29, 1.82) is 0 Å². The van der Waals surface area contributed by atoms with E-state index in [4.69, 9.17) is 8.83 Å². The minimum atomic E-state index is 0.253. The monoisotopic (exact) mass is 1100 g/mol. The average molecular weight is 1110 g/mol. The van der Waals surface area contributed by atoms with Crippen molar-refractivity contribution in [3.05, 3.63) is 191 Å². The van der Waals surface area contributed by atoms with Gasteiger partial charge in [0.2, 0.25) is 0 Å². The van der Waals surface area contributed by atoms with Crippen molar-refractivity contribution in [3.63, 3.8) is 0 Å². The van der Waals surface area contributed by atoms with Gasteiger partial charge in [-0.3, -0.25) is 0 Å². The normalized spacial score (nSPS) is 17.3. The molecule has 0 radical (unpaired) electrons. The Hall–Kier alpha value is -7.30. The summed E-state index contributed by atoms with van der Waals surface area (Å²) in [6.45, 7) is 9.42. The maximum Gasteiger partial charge on any atom is 0.178 e. The number of hydrogen-bond acceptors (Lipinski definition) is 4. The van der Waals surface area contributed by atoms with E-state index in [0.717, 1.165) is 55.3 Å². The predicted octanol–water partition coefficient (Wildman–Crippen LogP) is 25.2. The lowest BCUT2D eigenvalue weighted by Crippen LogP contribution is -2.11. The molecule has 4 aliphatic rings. The molecule has 0 bridgehead atoms. The van der Waals surface area contributed by atoms with Crippen LogP contribution in [0.25, 0.3) is 65.4 Å². The van der Waals surface area contributed by atoms with Crippen LogP contribution in [-0.2, 0) is 0 Å². The first kappa shape index (κ1) is 53.4. The fourth-order valence-corrected chi connectivity index (χ4v) is 16.5. The minimum absolute atomic E-state index is 0.253. The maximum atomic E-state index is 7.27. The van der Waals surface area contributed by atoms with Crippen LogP contribution in [0.15, 0.2) is 167 Å². The molecule has 4 fully saturated rings. The highest BCUT2D eigenvalue weighted by atomic mass is 16.4. The van der Waals surface area contributed by atoms with Crippen molar-refractivity contribution < 1.29 is 8.83 Å². The van der Waals surface area contributed by atoms with Crippen LogP contribution in [0, 0.1) is 0 Å². The molecule has 4 saturated carbocycles. The Morgan fingerprint density at radius 1 is 0.298 bits per heavy atom. The third-order valence-electron chi connectivity index (χ3n) is 20.9. The Balaban J connectivity index is 0.838. The summed E-state index contributed by atoms with van der Waals surface area (Å²) in [5, 5.41) is 9.41. The number of fused-ring (bicyclic) bond motifs is 9. The van der Waals surface area contributed by atoms with Gasteiger partial charge in [-0.05, 0) is 239 Å². The van der Waals surface area contributed by atoms with Crippen LogP contribution in [0.1, 0.15) is 225 Å². The summed E-state index contributed by atoms with van der Waals surface area (Å²) in [6, 6.07) is 61.7. The van der Waals surface area contributed by atoms with Gasteiger partial charge in [-0.2, -0.15) is 0 Å². The summed E-state index contributed by atoms with van der Waals surface area (Å²) in [5.41, 5.74) is 19.2. The zero-order valence-electron chi connectivity index (χ0n) is 50.3. The molecule has 4 heteroatoms. The lowest BCUT2D eigenvalue weighted by molar-refractivity contribution is 0.443. The Labute approximate surface area is 498 Å². The lowest BCUT2D eigenvalue weighted by Gasteiger charge is -2.28.